The zero-order chi connectivity index (χ0) is 14.7. The van der Waals surface area contributed by atoms with Crippen LogP contribution in [0, 0.1) is 0 Å². The smallest absolute Gasteiger partial charge is 0.548 e. The molecule has 1 aromatic heterocycles. The summed E-state index contributed by atoms with van der Waals surface area (Å²) in [6.45, 7) is 0. The van der Waals surface area contributed by atoms with Crippen LogP contribution < -0.4 is 15.9 Å². The Morgan fingerprint density at radius 1 is 1.55 bits per heavy atom. The summed E-state index contributed by atoms with van der Waals surface area (Å²) in [7, 11) is 0. The van der Waals surface area contributed by atoms with Gasteiger partial charge < -0.3 is 30.5 Å². The number of carboxylic acid groups (broad SMARTS) is 2. The first-order valence-electron chi connectivity index (χ1n) is 5.30. The maximum absolute atomic E-state index is 9.96. The fraction of sp³-hybridized carbons (Fsp3) is 0.364. The molecule has 0 amide bonds. The van der Waals surface area contributed by atoms with Gasteiger partial charge in [0.2, 0.25) is 0 Å². The minimum Gasteiger partial charge on any atom is -0.548 e. The van der Waals surface area contributed by atoms with Gasteiger partial charge in [0.05, 0.1) is 30.2 Å². The van der Waals surface area contributed by atoms with E-state index < -0.39 is 18.0 Å². The quantitative estimate of drug-likeness (QED) is 0.447. The molecule has 0 bridgehead atoms. The van der Waals surface area contributed by atoms with Crippen LogP contribution in [0.4, 0.5) is 0 Å². The normalized spacial score (nSPS) is 11.1. The minimum absolute atomic E-state index is 0. The molecule has 0 saturated carbocycles. The van der Waals surface area contributed by atoms with E-state index in [0.717, 1.165) is 11.8 Å². The number of carbonyl (C=O) groups is 2. The predicted octanol–water partition coefficient (Wildman–Crippen LogP) is -2.01. The van der Waals surface area contributed by atoms with Crippen molar-refractivity contribution in [2.24, 2.45) is 5.73 Å². The maximum atomic E-state index is 9.96. The summed E-state index contributed by atoms with van der Waals surface area (Å²) in [4.78, 5) is 26.2. The summed E-state index contributed by atoms with van der Waals surface area (Å²) in [5.74, 6) is -1.60. The van der Waals surface area contributed by atoms with Gasteiger partial charge in [-0.3, -0.25) is 0 Å². The number of aromatic amines is 1. The molecule has 1 aromatic rings. The average Bonchev–Trinajstić information content (AvgIpc) is 2.87. The second-order valence-corrected chi connectivity index (χ2v) is 4.35. The van der Waals surface area contributed by atoms with Crippen LogP contribution in [0.1, 0.15) is 12.1 Å². The molecule has 20 heavy (non-hydrogen) atoms. The van der Waals surface area contributed by atoms with Gasteiger partial charge in [-0.05, 0) is 30.6 Å². The molecular weight excluding hydrogens is 336 g/mol. The van der Waals surface area contributed by atoms with Crippen molar-refractivity contribution in [3.8, 4) is 0 Å². The largest absolute Gasteiger partial charge is 2.00 e. The summed E-state index contributed by atoms with van der Waals surface area (Å²) in [5.41, 5.74) is 5.77. The Hall–Kier alpha value is -1.18. The standard InChI is InChI=1S/C6H6N2O2.C5H11NO2S.Zn/c9-6(10)2-1-5-3-7-4-8-5;1-9-3-2-4(6)5(7)8;/h1-4H,(H,7,8)(H,9,10);4H,2-3,6H2,1H3,(H,7,8);/q;;+2/p-2/t;4-;/m.0./s1. The molecule has 0 unspecified atom stereocenters. The molecule has 0 saturated heterocycles. The first kappa shape index (κ1) is 21.1. The Kier molecular flexibility index (Phi) is 13.6. The number of thioether (sulfide) groups is 1. The molecule has 0 aliphatic heterocycles. The second kappa shape index (κ2) is 12.8. The van der Waals surface area contributed by atoms with Crippen molar-refractivity contribution in [2.45, 2.75) is 12.5 Å². The first-order chi connectivity index (χ1) is 8.97. The summed E-state index contributed by atoms with van der Waals surface area (Å²) in [6.07, 6.45) is 7.69. The topological polar surface area (TPSA) is 135 Å². The number of carbonyl (C=O) groups excluding carboxylic acids is 2. The van der Waals surface area contributed by atoms with Gasteiger partial charge in [0.25, 0.3) is 0 Å². The Balaban J connectivity index is 0. The van der Waals surface area contributed by atoms with E-state index in [-0.39, 0.29) is 19.5 Å². The fourth-order valence-corrected chi connectivity index (χ4v) is 1.37. The molecule has 0 radical (unpaired) electrons. The van der Waals surface area contributed by atoms with Crippen LogP contribution in [0.15, 0.2) is 18.6 Å². The summed E-state index contributed by atoms with van der Waals surface area (Å²) >= 11 is 1.58. The summed E-state index contributed by atoms with van der Waals surface area (Å²) < 4.78 is 0. The van der Waals surface area contributed by atoms with Gasteiger partial charge >= 0.3 is 19.5 Å². The number of aliphatic carboxylic acids is 2. The van der Waals surface area contributed by atoms with Crippen LogP contribution in [-0.2, 0) is 29.1 Å². The Morgan fingerprint density at radius 3 is 2.60 bits per heavy atom. The molecule has 0 aromatic carbocycles. The number of rotatable bonds is 6. The molecule has 9 heteroatoms. The van der Waals surface area contributed by atoms with E-state index in [1.165, 1.54) is 18.6 Å². The van der Waals surface area contributed by atoms with E-state index in [1.54, 1.807) is 11.8 Å². The molecule has 106 valence electrons. The third kappa shape index (κ3) is 11.9. The van der Waals surface area contributed by atoms with Crippen LogP contribution in [-0.4, -0.2) is 40.0 Å². The van der Waals surface area contributed by atoms with E-state index in [2.05, 4.69) is 9.97 Å². The van der Waals surface area contributed by atoms with Crippen molar-refractivity contribution in [3.05, 3.63) is 24.3 Å². The molecule has 1 heterocycles. The van der Waals surface area contributed by atoms with Crippen molar-refractivity contribution < 1.29 is 39.3 Å². The third-order valence-electron chi connectivity index (χ3n) is 1.85. The Labute approximate surface area is 133 Å². The number of hydrogen-bond acceptors (Lipinski definition) is 7. The van der Waals surface area contributed by atoms with Crippen LogP contribution in [0.5, 0.6) is 0 Å². The number of aromatic nitrogens is 2. The Morgan fingerprint density at radius 2 is 2.20 bits per heavy atom. The van der Waals surface area contributed by atoms with Crippen molar-refractivity contribution in [3.63, 3.8) is 0 Å². The first-order valence-corrected chi connectivity index (χ1v) is 6.69. The summed E-state index contributed by atoms with van der Waals surface area (Å²) in [6, 6.07) is -0.794. The van der Waals surface area contributed by atoms with Crippen LogP contribution in [0.3, 0.4) is 0 Å². The van der Waals surface area contributed by atoms with Gasteiger partial charge in [0.1, 0.15) is 0 Å². The number of nitrogens with two attached hydrogens (primary N) is 1. The van der Waals surface area contributed by atoms with E-state index in [9.17, 15) is 19.8 Å². The zero-order valence-electron chi connectivity index (χ0n) is 11.1. The number of imidazole rings is 1. The maximum Gasteiger partial charge on any atom is 2.00 e. The molecule has 0 aliphatic carbocycles. The molecule has 7 nitrogen and oxygen atoms in total. The molecule has 0 fully saturated rings. The van der Waals surface area contributed by atoms with Crippen LogP contribution in [0.2, 0.25) is 0 Å². The van der Waals surface area contributed by atoms with Gasteiger partial charge in [-0.15, -0.1) is 0 Å². The molecule has 1 rings (SSSR count). The van der Waals surface area contributed by atoms with Crippen LogP contribution >= 0.6 is 11.8 Å². The molecule has 1 atom stereocenters. The number of carboxylic acids is 2. The predicted molar refractivity (Wildman–Crippen MR) is 68.6 cm³/mol. The number of nitrogens with one attached hydrogen (secondary N) is 1. The third-order valence-corrected chi connectivity index (χ3v) is 2.50. The van der Waals surface area contributed by atoms with Crippen molar-refractivity contribution >= 4 is 29.8 Å². The minimum atomic E-state index is -1.21. The Bertz CT molecular complexity index is 412. The molecule has 3 N–H and O–H groups in total. The van der Waals surface area contributed by atoms with Crippen molar-refractivity contribution in [1.82, 2.24) is 9.97 Å². The number of H-pyrrole nitrogens is 1. The van der Waals surface area contributed by atoms with Crippen LogP contribution in [0.25, 0.3) is 6.08 Å². The van der Waals surface area contributed by atoms with Gasteiger partial charge in [-0.25, -0.2) is 4.98 Å². The monoisotopic (exact) mass is 349 g/mol. The zero-order valence-corrected chi connectivity index (χ0v) is 14.9. The molecule has 0 aliphatic rings. The van der Waals surface area contributed by atoms with Crippen molar-refractivity contribution in [2.75, 3.05) is 12.0 Å². The second-order valence-electron chi connectivity index (χ2n) is 3.37. The van der Waals surface area contributed by atoms with E-state index in [1.807, 2.05) is 6.26 Å². The number of hydrogen-bond donors (Lipinski definition) is 2. The van der Waals surface area contributed by atoms with E-state index in [0.29, 0.717) is 12.1 Å². The summed E-state index contributed by atoms with van der Waals surface area (Å²) in [5, 5.41) is 19.8. The average molecular weight is 351 g/mol. The van der Waals surface area contributed by atoms with Crippen molar-refractivity contribution in [1.29, 1.82) is 0 Å². The van der Waals surface area contributed by atoms with Gasteiger partial charge in [-0.1, -0.05) is 0 Å². The number of nitrogens with zero attached hydrogens (tertiary/aromatic N) is 1. The van der Waals surface area contributed by atoms with E-state index in [4.69, 9.17) is 5.73 Å². The molecular formula is C11H15N3O4SZn. The SMILES string of the molecule is CSCC[C@H](N)C(=O)[O-].O=C([O-])C=Cc1cnc[nH]1.[Zn+2]. The van der Waals surface area contributed by atoms with Gasteiger partial charge in [0, 0.05) is 6.04 Å². The van der Waals surface area contributed by atoms with Gasteiger partial charge in [0.15, 0.2) is 0 Å². The van der Waals surface area contributed by atoms with Gasteiger partial charge in [-0.2, -0.15) is 11.8 Å². The molecule has 0 spiro atoms. The van der Waals surface area contributed by atoms with E-state index >= 15 is 0 Å². The fourth-order valence-electron chi connectivity index (χ4n) is 0.878.